The first kappa shape index (κ1) is 27.7. The van der Waals surface area contributed by atoms with Crippen LogP contribution in [0.2, 0.25) is 0 Å². The van der Waals surface area contributed by atoms with Gasteiger partial charge in [-0.1, -0.05) is 78.4 Å². The van der Waals surface area contributed by atoms with Crippen molar-refractivity contribution in [1.82, 2.24) is 4.98 Å². The predicted molar refractivity (Wildman–Crippen MR) is 143 cm³/mol. The van der Waals surface area contributed by atoms with E-state index in [2.05, 4.69) is 27.7 Å². The highest BCUT2D eigenvalue weighted by molar-refractivity contribution is 7.80. The maximum Gasteiger partial charge on any atom is 0.307 e. The zero-order chi connectivity index (χ0) is 24.1. The van der Waals surface area contributed by atoms with Crippen LogP contribution in [0.15, 0.2) is 24.3 Å². The monoisotopic (exact) mass is 491 g/mol. The summed E-state index contributed by atoms with van der Waals surface area (Å²) in [6, 6.07) is 8.02. The summed E-state index contributed by atoms with van der Waals surface area (Å²) in [5.41, 5.74) is 0.929. The number of para-hydroxylation sites is 1. The van der Waals surface area contributed by atoms with Gasteiger partial charge in [0.1, 0.15) is 5.01 Å². The van der Waals surface area contributed by atoms with Gasteiger partial charge in [0, 0.05) is 0 Å². The summed E-state index contributed by atoms with van der Waals surface area (Å²) in [4.78, 5) is 17.6. The number of hydrogen-bond donors (Lipinski definition) is 0. The third kappa shape index (κ3) is 9.32. The highest BCUT2D eigenvalue weighted by atomic mass is 32.1. The molecule has 184 valence electrons. The SMILES string of the molecule is CCCCC(CC)COC(=O)CC(C(=S)OCC(CC)CCCC)c1nc2ccccc2s1. The first-order chi connectivity index (χ1) is 16.0. The minimum Gasteiger partial charge on any atom is -0.486 e. The van der Waals surface area contributed by atoms with Gasteiger partial charge < -0.3 is 9.47 Å². The van der Waals surface area contributed by atoms with Crippen LogP contribution in [0.1, 0.15) is 96.4 Å². The van der Waals surface area contributed by atoms with Crippen LogP contribution >= 0.6 is 23.6 Å². The van der Waals surface area contributed by atoms with Gasteiger partial charge in [-0.05, 0) is 49.0 Å². The van der Waals surface area contributed by atoms with E-state index in [4.69, 9.17) is 26.7 Å². The number of benzene rings is 1. The number of esters is 1. The lowest BCUT2D eigenvalue weighted by molar-refractivity contribution is -0.145. The minimum absolute atomic E-state index is 0.175. The summed E-state index contributed by atoms with van der Waals surface area (Å²) in [7, 11) is 0. The zero-order valence-corrected chi connectivity index (χ0v) is 22.4. The summed E-state index contributed by atoms with van der Waals surface area (Å²) in [6.45, 7) is 9.82. The fourth-order valence-electron chi connectivity index (χ4n) is 3.84. The van der Waals surface area contributed by atoms with Gasteiger partial charge >= 0.3 is 5.97 Å². The molecule has 6 heteroatoms. The maximum atomic E-state index is 12.8. The molecule has 3 atom stereocenters. The zero-order valence-electron chi connectivity index (χ0n) is 20.8. The first-order valence-corrected chi connectivity index (χ1v) is 13.9. The lowest BCUT2D eigenvalue weighted by atomic mass is 10.0. The fraction of sp³-hybridized carbons (Fsp3) is 0.667. The summed E-state index contributed by atoms with van der Waals surface area (Å²) in [5, 5.41) is 1.29. The molecule has 0 saturated carbocycles. The topological polar surface area (TPSA) is 48.4 Å². The second-order valence-electron chi connectivity index (χ2n) is 8.92. The molecule has 4 nitrogen and oxygen atoms in total. The number of thiocarbonyl (C=S) groups is 1. The number of carbonyl (C=O) groups excluding carboxylic acids is 1. The molecule has 1 aromatic heterocycles. The minimum atomic E-state index is -0.357. The van der Waals surface area contributed by atoms with Gasteiger partial charge in [0.05, 0.1) is 35.8 Å². The summed E-state index contributed by atoms with van der Waals surface area (Å²) in [5.74, 6) is 0.319. The summed E-state index contributed by atoms with van der Waals surface area (Å²) < 4.78 is 12.9. The Balaban J connectivity index is 2.08. The number of thiazole rings is 1. The lowest BCUT2D eigenvalue weighted by Gasteiger charge is -2.20. The average molecular weight is 492 g/mol. The van der Waals surface area contributed by atoms with Crippen molar-refractivity contribution in [1.29, 1.82) is 0 Å². The number of ether oxygens (including phenoxy) is 2. The standard InChI is InChI=1S/C27H41NO3S2/c1-5-9-13-20(7-3)18-30-25(29)17-22(26-28-23-15-11-12-16-24(23)33-26)27(32)31-19-21(8-4)14-10-6-2/h11-12,15-16,20-22H,5-10,13-14,17-19H2,1-4H3. The number of rotatable bonds is 16. The van der Waals surface area contributed by atoms with E-state index in [1.54, 1.807) is 11.3 Å². The van der Waals surface area contributed by atoms with Crippen LogP contribution in [0.25, 0.3) is 10.2 Å². The van der Waals surface area contributed by atoms with Gasteiger partial charge in [0.25, 0.3) is 0 Å². The smallest absolute Gasteiger partial charge is 0.307 e. The van der Waals surface area contributed by atoms with Crippen molar-refractivity contribution >= 4 is 44.8 Å². The van der Waals surface area contributed by atoms with Gasteiger partial charge in [0.2, 0.25) is 0 Å². The Morgan fingerprint density at radius 3 is 2.15 bits per heavy atom. The molecule has 3 unspecified atom stereocenters. The molecule has 0 bridgehead atoms. The normalized spacial score (nSPS) is 14.1. The number of carbonyl (C=O) groups is 1. The van der Waals surface area contributed by atoms with Crippen molar-refractivity contribution in [2.75, 3.05) is 13.2 Å². The molecule has 0 aliphatic heterocycles. The van der Waals surface area contributed by atoms with Crippen molar-refractivity contribution < 1.29 is 14.3 Å². The average Bonchev–Trinajstić information content (AvgIpc) is 3.26. The van der Waals surface area contributed by atoms with Gasteiger partial charge in [0.15, 0.2) is 5.05 Å². The molecule has 2 aromatic rings. The predicted octanol–water partition coefficient (Wildman–Crippen LogP) is 8.09. The highest BCUT2D eigenvalue weighted by Crippen LogP contribution is 2.32. The van der Waals surface area contributed by atoms with Crippen LogP contribution in [0.3, 0.4) is 0 Å². The summed E-state index contributed by atoms with van der Waals surface area (Å²) in [6.07, 6.45) is 9.19. The number of unbranched alkanes of at least 4 members (excludes halogenated alkanes) is 2. The molecule has 1 heterocycles. The largest absolute Gasteiger partial charge is 0.486 e. The molecule has 0 fully saturated rings. The third-order valence-electron chi connectivity index (χ3n) is 6.29. The van der Waals surface area contributed by atoms with E-state index in [0.29, 0.717) is 30.1 Å². The van der Waals surface area contributed by atoms with Crippen LogP contribution in [-0.2, 0) is 14.3 Å². The molecule has 33 heavy (non-hydrogen) atoms. The van der Waals surface area contributed by atoms with Crippen molar-refractivity contribution in [3.8, 4) is 0 Å². The van der Waals surface area contributed by atoms with E-state index in [9.17, 15) is 4.79 Å². The number of nitrogens with zero attached hydrogens (tertiary/aromatic N) is 1. The van der Waals surface area contributed by atoms with E-state index in [0.717, 1.165) is 47.3 Å². The molecule has 0 aliphatic carbocycles. The van der Waals surface area contributed by atoms with Gasteiger partial charge in [-0.25, -0.2) is 4.98 Å². The van der Waals surface area contributed by atoms with Crippen LogP contribution in [0, 0.1) is 11.8 Å². The molecule has 0 spiro atoms. The molecule has 0 saturated heterocycles. The maximum absolute atomic E-state index is 12.8. The van der Waals surface area contributed by atoms with Crippen LogP contribution < -0.4 is 0 Å². The lowest BCUT2D eigenvalue weighted by Crippen LogP contribution is -2.23. The van der Waals surface area contributed by atoms with E-state index in [-0.39, 0.29) is 18.3 Å². The van der Waals surface area contributed by atoms with Crippen LogP contribution in [0.5, 0.6) is 0 Å². The van der Waals surface area contributed by atoms with E-state index in [1.165, 1.54) is 19.3 Å². The Morgan fingerprint density at radius 1 is 0.970 bits per heavy atom. The molecular weight excluding hydrogens is 450 g/mol. The second kappa shape index (κ2) is 15.4. The Bertz CT molecular complexity index is 818. The van der Waals surface area contributed by atoms with Crippen molar-refractivity contribution in [2.45, 2.75) is 91.4 Å². The molecule has 0 aliphatic rings. The second-order valence-corrected chi connectivity index (χ2v) is 10.4. The van der Waals surface area contributed by atoms with Gasteiger partial charge in [-0.15, -0.1) is 11.3 Å². The molecule has 0 amide bonds. The van der Waals surface area contributed by atoms with E-state index < -0.39 is 0 Å². The first-order valence-electron chi connectivity index (χ1n) is 12.7. The number of aromatic nitrogens is 1. The Hall–Kier alpha value is -1.53. The van der Waals surface area contributed by atoms with Crippen LogP contribution in [0.4, 0.5) is 0 Å². The molecule has 1 aromatic carbocycles. The quantitative estimate of drug-likeness (QED) is 0.175. The van der Waals surface area contributed by atoms with Crippen molar-refractivity contribution in [3.05, 3.63) is 29.3 Å². The van der Waals surface area contributed by atoms with Gasteiger partial charge in [-0.2, -0.15) is 0 Å². The van der Waals surface area contributed by atoms with Crippen molar-refractivity contribution in [2.24, 2.45) is 11.8 Å². The Kier molecular flexibility index (Phi) is 12.9. The van der Waals surface area contributed by atoms with E-state index in [1.807, 2.05) is 24.3 Å². The molecule has 0 N–H and O–H groups in total. The fourth-order valence-corrected chi connectivity index (χ4v) is 5.25. The van der Waals surface area contributed by atoms with Gasteiger partial charge in [-0.3, -0.25) is 4.79 Å². The summed E-state index contributed by atoms with van der Waals surface area (Å²) >= 11 is 7.30. The Morgan fingerprint density at radius 2 is 1.58 bits per heavy atom. The van der Waals surface area contributed by atoms with E-state index >= 15 is 0 Å². The number of hydrogen-bond acceptors (Lipinski definition) is 6. The Labute approximate surface area is 209 Å². The number of fused-ring (bicyclic) bond motifs is 1. The van der Waals surface area contributed by atoms with Crippen molar-refractivity contribution in [3.63, 3.8) is 0 Å². The third-order valence-corrected chi connectivity index (χ3v) is 7.84. The highest BCUT2D eigenvalue weighted by Gasteiger charge is 2.27. The molecule has 0 radical (unpaired) electrons. The molecular formula is C27H41NO3S2. The molecule has 2 rings (SSSR count). The van der Waals surface area contributed by atoms with Crippen LogP contribution in [-0.4, -0.2) is 29.2 Å².